The van der Waals surface area contributed by atoms with Gasteiger partial charge in [0.05, 0.1) is 0 Å². The van der Waals surface area contributed by atoms with E-state index in [2.05, 4.69) is 20.4 Å². The van der Waals surface area contributed by atoms with E-state index in [-0.39, 0.29) is 5.91 Å². The maximum absolute atomic E-state index is 5.15. The van der Waals surface area contributed by atoms with Crippen LogP contribution in [-0.4, -0.2) is 28.9 Å². The molecule has 0 aromatic carbocycles. The molecular formula is C7H17O2Si. The first-order valence-electron chi connectivity index (χ1n) is 3.52. The monoisotopic (exact) mass is 161 g/mol. The van der Waals surface area contributed by atoms with Gasteiger partial charge in [-0.15, -0.1) is 0 Å². The topological polar surface area (TPSA) is 18.5 Å². The van der Waals surface area contributed by atoms with Gasteiger partial charge in [0.15, 0.2) is 0 Å². The van der Waals surface area contributed by atoms with Gasteiger partial charge in [0.1, 0.15) is 14.7 Å². The molecule has 0 aromatic heterocycles. The molecule has 0 aliphatic carbocycles. The van der Waals surface area contributed by atoms with Crippen LogP contribution in [0.4, 0.5) is 0 Å². The van der Waals surface area contributed by atoms with Crippen molar-refractivity contribution in [2.75, 3.05) is 14.2 Å². The van der Waals surface area contributed by atoms with Crippen molar-refractivity contribution in [1.82, 2.24) is 0 Å². The summed E-state index contributed by atoms with van der Waals surface area (Å²) in [5.41, 5.74) is 0.704. The Balaban J connectivity index is 3.76. The molecule has 0 atom stereocenters. The molecule has 0 saturated carbocycles. The minimum Gasteiger partial charge on any atom is -0.360 e. The lowest BCUT2D eigenvalue weighted by Crippen LogP contribution is -2.33. The number of hydrogen-bond donors (Lipinski definition) is 0. The molecule has 61 valence electrons. The molecule has 0 saturated heterocycles. The lowest BCUT2D eigenvalue weighted by molar-refractivity contribution is -0.0475. The third-order valence-corrected chi connectivity index (χ3v) is 4.75. The summed E-state index contributed by atoms with van der Waals surface area (Å²) < 4.78 is 10.3. The first kappa shape index (κ1) is 10.1. The lowest BCUT2D eigenvalue weighted by atomic mass is 10.6. The first-order chi connectivity index (χ1) is 4.63. The second-order valence-corrected chi connectivity index (χ2v) is 5.82. The fourth-order valence-corrected chi connectivity index (χ4v) is 2.03. The molecule has 0 fully saturated rings. The molecule has 0 rings (SSSR count). The fourth-order valence-electron chi connectivity index (χ4n) is 0.740. The van der Waals surface area contributed by atoms with Gasteiger partial charge in [-0.2, -0.15) is 0 Å². The Bertz CT molecular complexity index is 81.7. The van der Waals surface area contributed by atoms with Crippen LogP contribution in [-0.2, 0) is 9.47 Å². The van der Waals surface area contributed by atoms with Crippen LogP contribution < -0.4 is 0 Å². The second kappa shape index (κ2) is 4.88. The van der Waals surface area contributed by atoms with E-state index in [1.165, 1.54) is 0 Å². The van der Waals surface area contributed by atoms with Gasteiger partial charge < -0.3 is 9.47 Å². The van der Waals surface area contributed by atoms with E-state index in [4.69, 9.17) is 9.47 Å². The van der Waals surface area contributed by atoms with Gasteiger partial charge >= 0.3 is 0 Å². The summed E-state index contributed by atoms with van der Waals surface area (Å²) in [5, 5.41) is 0. The average Bonchev–Trinajstić information content (AvgIpc) is 1.90. The van der Waals surface area contributed by atoms with Crippen molar-refractivity contribution < 1.29 is 9.47 Å². The van der Waals surface area contributed by atoms with Gasteiger partial charge in [-0.05, 0) is 5.54 Å². The van der Waals surface area contributed by atoms with Crippen molar-refractivity contribution in [1.29, 1.82) is 0 Å². The zero-order valence-electron chi connectivity index (χ0n) is 7.47. The highest BCUT2D eigenvalue weighted by atomic mass is 28.3. The minimum absolute atomic E-state index is 0.0463. The summed E-state index contributed by atoms with van der Waals surface area (Å²) >= 11 is 0. The van der Waals surface area contributed by atoms with Gasteiger partial charge in [0.2, 0.25) is 0 Å². The fraction of sp³-hybridized carbons (Fsp3) is 1.00. The summed E-state index contributed by atoms with van der Waals surface area (Å²) in [7, 11) is 2.91. The summed E-state index contributed by atoms with van der Waals surface area (Å²) in [6.07, 6.45) is 0. The third kappa shape index (κ3) is 2.81. The highest BCUT2D eigenvalue weighted by Crippen LogP contribution is 2.12. The largest absolute Gasteiger partial charge is 0.360 e. The van der Waals surface area contributed by atoms with E-state index in [9.17, 15) is 0 Å². The molecule has 0 N–H and O–H groups in total. The van der Waals surface area contributed by atoms with Crippen LogP contribution in [0.3, 0.4) is 0 Å². The van der Waals surface area contributed by atoms with Crippen molar-refractivity contribution in [3.8, 4) is 0 Å². The Morgan fingerprint density at radius 3 is 1.60 bits per heavy atom. The Hall–Kier alpha value is 0.137. The Kier molecular flexibility index (Phi) is 4.94. The first-order valence-corrected chi connectivity index (χ1v) is 5.67. The van der Waals surface area contributed by atoms with Crippen LogP contribution >= 0.6 is 0 Å². The van der Waals surface area contributed by atoms with Crippen LogP contribution in [0.5, 0.6) is 0 Å². The molecule has 0 aliphatic heterocycles. The Morgan fingerprint density at radius 1 is 1.10 bits per heavy atom. The van der Waals surface area contributed by atoms with Crippen LogP contribution in [0.1, 0.15) is 13.8 Å². The molecule has 0 unspecified atom stereocenters. The van der Waals surface area contributed by atoms with E-state index < -0.39 is 8.80 Å². The molecule has 0 aliphatic rings. The van der Waals surface area contributed by atoms with Crippen LogP contribution in [0, 0.1) is 0 Å². The highest BCUT2D eigenvalue weighted by Gasteiger charge is 2.20. The summed E-state index contributed by atoms with van der Waals surface area (Å²) in [6, 6.07) is 0. The van der Waals surface area contributed by atoms with Crippen molar-refractivity contribution >= 4 is 8.80 Å². The highest BCUT2D eigenvalue weighted by molar-refractivity contribution is 6.59. The maximum atomic E-state index is 5.15. The smallest absolute Gasteiger partial charge is 0.138 e. The van der Waals surface area contributed by atoms with Gasteiger partial charge in [0.25, 0.3) is 0 Å². The van der Waals surface area contributed by atoms with Gasteiger partial charge in [-0.1, -0.05) is 20.4 Å². The van der Waals surface area contributed by atoms with Crippen LogP contribution in [0.15, 0.2) is 0 Å². The normalized spacial score (nSPS) is 12.0. The molecule has 0 spiro atoms. The van der Waals surface area contributed by atoms with Crippen molar-refractivity contribution in [2.45, 2.75) is 31.8 Å². The lowest BCUT2D eigenvalue weighted by Gasteiger charge is -2.22. The van der Waals surface area contributed by atoms with E-state index in [0.29, 0.717) is 5.54 Å². The second-order valence-electron chi connectivity index (χ2n) is 2.70. The van der Waals surface area contributed by atoms with Crippen molar-refractivity contribution in [2.24, 2.45) is 0 Å². The summed E-state index contributed by atoms with van der Waals surface area (Å²) in [4.78, 5) is 0. The molecule has 0 heterocycles. The SMILES string of the molecule is COC(OC)[Si](C)C(C)C. The maximum Gasteiger partial charge on any atom is 0.138 e. The molecular weight excluding hydrogens is 144 g/mol. The molecule has 10 heavy (non-hydrogen) atoms. The third-order valence-electron chi connectivity index (χ3n) is 1.71. The van der Waals surface area contributed by atoms with Crippen molar-refractivity contribution in [3.05, 3.63) is 0 Å². The van der Waals surface area contributed by atoms with Crippen molar-refractivity contribution in [3.63, 3.8) is 0 Å². The molecule has 0 aromatic rings. The van der Waals surface area contributed by atoms with Crippen LogP contribution in [0.2, 0.25) is 12.1 Å². The summed E-state index contributed by atoms with van der Waals surface area (Å²) in [6.45, 7) is 6.64. The molecule has 0 amide bonds. The number of rotatable bonds is 4. The van der Waals surface area contributed by atoms with Gasteiger partial charge in [-0.25, -0.2) is 0 Å². The number of methoxy groups -OCH3 is 2. The zero-order chi connectivity index (χ0) is 8.15. The van der Waals surface area contributed by atoms with Gasteiger partial charge in [-0.3, -0.25) is 0 Å². The predicted octanol–water partition coefficient (Wildman–Crippen LogP) is 1.68. The van der Waals surface area contributed by atoms with Gasteiger partial charge in [0, 0.05) is 14.2 Å². The number of hydrogen-bond acceptors (Lipinski definition) is 2. The predicted molar refractivity (Wildman–Crippen MR) is 44.5 cm³/mol. The van der Waals surface area contributed by atoms with E-state index in [1.54, 1.807) is 14.2 Å². The van der Waals surface area contributed by atoms with E-state index >= 15 is 0 Å². The van der Waals surface area contributed by atoms with E-state index in [1.807, 2.05) is 0 Å². The molecule has 3 heteroatoms. The average molecular weight is 161 g/mol. The standard InChI is InChI=1S/C7H17O2Si/c1-6(2)10(5)7(8-3)9-4/h6-7H,1-5H3. The minimum atomic E-state index is -0.491. The van der Waals surface area contributed by atoms with E-state index in [0.717, 1.165) is 0 Å². The Labute approximate surface area is 65.1 Å². The Morgan fingerprint density at radius 2 is 1.50 bits per heavy atom. The summed E-state index contributed by atoms with van der Waals surface area (Å²) in [5.74, 6) is 0.0463. The van der Waals surface area contributed by atoms with Crippen LogP contribution in [0.25, 0.3) is 0 Å². The molecule has 0 bridgehead atoms. The molecule has 2 nitrogen and oxygen atoms in total. The number of ether oxygens (including phenoxy) is 2. The zero-order valence-corrected chi connectivity index (χ0v) is 8.47. The molecule has 1 radical (unpaired) electrons. The quantitative estimate of drug-likeness (QED) is 0.461.